The molecule has 2 unspecified atom stereocenters. The monoisotopic (exact) mass is 296 g/mol. The predicted molar refractivity (Wildman–Crippen MR) is 80.2 cm³/mol. The van der Waals surface area contributed by atoms with E-state index in [1.165, 1.54) is 0 Å². The summed E-state index contributed by atoms with van der Waals surface area (Å²) in [5.74, 6) is -0.0345. The lowest BCUT2D eigenvalue weighted by Gasteiger charge is -2.28. The number of ether oxygens (including phenoxy) is 2. The summed E-state index contributed by atoms with van der Waals surface area (Å²) in [4.78, 5) is 0. The van der Waals surface area contributed by atoms with E-state index < -0.39 is 5.92 Å². The van der Waals surface area contributed by atoms with E-state index in [2.05, 4.69) is 16.3 Å². The summed E-state index contributed by atoms with van der Waals surface area (Å²) in [6, 6.07) is 9.78. The van der Waals surface area contributed by atoms with Gasteiger partial charge in [0.05, 0.1) is 12.7 Å². The Morgan fingerprint density at radius 1 is 1.45 bits per heavy atom. The number of hydrogen-bond donors (Lipinski definition) is 2. The van der Waals surface area contributed by atoms with Crippen LogP contribution in [-0.2, 0) is 0 Å². The summed E-state index contributed by atoms with van der Waals surface area (Å²) in [5, 5.41) is 24.5. The van der Waals surface area contributed by atoms with E-state index in [-0.39, 0.29) is 11.8 Å². The van der Waals surface area contributed by atoms with Crippen molar-refractivity contribution in [2.45, 2.75) is 19.8 Å². The van der Waals surface area contributed by atoms with Gasteiger partial charge in [-0.05, 0) is 19.9 Å². The quantitative estimate of drug-likeness (QED) is 0.910. The van der Waals surface area contributed by atoms with Crippen LogP contribution in [0.3, 0.4) is 0 Å². The fourth-order valence-electron chi connectivity index (χ4n) is 2.84. The van der Waals surface area contributed by atoms with Crippen LogP contribution in [0.15, 0.2) is 24.3 Å². The third-order valence-corrected chi connectivity index (χ3v) is 3.79. The number of aromatic nitrogens is 2. The molecule has 2 atom stereocenters. The Morgan fingerprint density at radius 3 is 2.95 bits per heavy atom. The van der Waals surface area contributed by atoms with Gasteiger partial charge in [-0.1, -0.05) is 18.2 Å². The Morgan fingerprint density at radius 2 is 2.23 bits per heavy atom. The maximum absolute atomic E-state index is 9.53. The van der Waals surface area contributed by atoms with Gasteiger partial charge in [-0.2, -0.15) is 5.26 Å². The summed E-state index contributed by atoms with van der Waals surface area (Å²) in [7, 11) is 0. The van der Waals surface area contributed by atoms with Crippen molar-refractivity contribution in [3.63, 3.8) is 0 Å². The number of benzene rings is 1. The minimum absolute atomic E-state index is 0.0854. The van der Waals surface area contributed by atoms with Gasteiger partial charge in [0, 0.05) is 22.7 Å². The minimum Gasteiger partial charge on any atom is -0.494 e. The summed E-state index contributed by atoms with van der Waals surface area (Å²) in [5.41, 5.74) is 2.52. The van der Waals surface area contributed by atoms with Gasteiger partial charge in [0.15, 0.2) is 0 Å². The summed E-state index contributed by atoms with van der Waals surface area (Å²) >= 11 is 0. The Kier molecular flexibility index (Phi) is 3.55. The van der Waals surface area contributed by atoms with Gasteiger partial charge in [-0.3, -0.25) is 10.5 Å². The van der Waals surface area contributed by atoms with E-state index in [0.29, 0.717) is 12.5 Å². The van der Waals surface area contributed by atoms with E-state index in [0.717, 1.165) is 22.6 Å². The van der Waals surface area contributed by atoms with E-state index in [1.807, 2.05) is 38.1 Å². The zero-order valence-corrected chi connectivity index (χ0v) is 12.4. The van der Waals surface area contributed by atoms with Crippen LogP contribution in [0.25, 0.3) is 0 Å². The predicted octanol–water partition coefficient (Wildman–Crippen LogP) is 2.76. The van der Waals surface area contributed by atoms with E-state index in [1.54, 1.807) is 0 Å². The Labute approximate surface area is 128 Å². The van der Waals surface area contributed by atoms with Crippen molar-refractivity contribution in [2.24, 2.45) is 5.92 Å². The molecule has 6 heteroatoms. The molecule has 0 spiro atoms. The smallest absolute Gasteiger partial charge is 0.243 e. The number of nitriles is 1. The van der Waals surface area contributed by atoms with Gasteiger partial charge in [0.1, 0.15) is 11.7 Å². The van der Waals surface area contributed by atoms with Crippen LogP contribution in [0.5, 0.6) is 11.6 Å². The Bertz CT molecular complexity index is 760. The van der Waals surface area contributed by atoms with E-state index >= 15 is 0 Å². The van der Waals surface area contributed by atoms with Gasteiger partial charge >= 0.3 is 0 Å². The molecule has 0 saturated heterocycles. The van der Waals surface area contributed by atoms with E-state index in [4.69, 9.17) is 14.9 Å². The van der Waals surface area contributed by atoms with Crippen molar-refractivity contribution in [3.05, 3.63) is 41.1 Å². The van der Waals surface area contributed by atoms with Crippen LogP contribution in [0.1, 0.15) is 29.7 Å². The molecule has 0 amide bonds. The molecular formula is C16H16N4O2. The van der Waals surface area contributed by atoms with Crippen LogP contribution in [0, 0.1) is 29.6 Å². The lowest BCUT2D eigenvalue weighted by atomic mass is 9.79. The molecular weight excluding hydrogens is 280 g/mol. The second-order valence-electron chi connectivity index (χ2n) is 5.09. The molecule has 1 aromatic heterocycles. The highest BCUT2D eigenvalue weighted by molar-refractivity contribution is 5.85. The number of nitrogens with zero attached hydrogens (tertiary/aromatic N) is 2. The SMILES string of the molecule is CCOc1ccccc1C1c2c(n[nH]c2C)OC(=N)C1C#N. The number of rotatable bonds is 3. The Balaban J connectivity index is 2.21. The lowest BCUT2D eigenvalue weighted by molar-refractivity contribution is 0.332. The normalized spacial score (nSPS) is 20.0. The van der Waals surface area contributed by atoms with Crippen LogP contribution < -0.4 is 9.47 Å². The van der Waals surface area contributed by atoms with Gasteiger partial charge in [-0.15, -0.1) is 5.10 Å². The molecule has 2 aromatic rings. The number of H-pyrrole nitrogens is 1. The van der Waals surface area contributed by atoms with Crippen LogP contribution >= 0.6 is 0 Å². The maximum Gasteiger partial charge on any atom is 0.243 e. The lowest BCUT2D eigenvalue weighted by Crippen LogP contribution is -2.31. The fraction of sp³-hybridized carbons (Fsp3) is 0.312. The zero-order chi connectivity index (χ0) is 15.7. The molecule has 0 bridgehead atoms. The maximum atomic E-state index is 9.53. The number of hydrogen-bond acceptors (Lipinski definition) is 5. The average molecular weight is 296 g/mol. The highest BCUT2D eigenvalue weighted by Crippen LogP contribution is 2.45. The Hall–Kier alpha value is -2.81. The summed E-state index contributed by atoms with van der Waals surface area (Å²) in [6.45, 7) is 4.33. The average Bonchev–Trinajstić information content (AvgIpc) is 2.88. The zero-order valence-electron chi connectivity index (χ0n) is 12.4. The molecule has 1 aromatic carbocycles. The number of fused-ring (bicyclic) bond motifs is 1. The second-order valence-corrected chi connectivity index (χ2v) is 5.09. The van der Waals surface area contributed by atoms with Crippen LogP contribution in [0.4, 0.5) is 0 Å². The molecule has 0 fully saturated rings. The third kappa shape index (κ3) is 2.11. The standard InChI is InChI=1S/C16H16N4O2/c1-3-21-12-7-5-4-6-10(12)14-11(8-17)15(18)22-16-13(14)9(2)19-20-16/h4-7,11,14,18H,3H2,1-2H3,(H,19,20). The van der Waals surface area contributed by atoms with Crippen molar-refractivity contribution in [2.75, 3.05) is 6.61 Å². The first-order valence-electron chi connectivity index (χ1n) is 7.09. The van der Waals surface area contributed by atoms with Crippen LogP contribution in [0.2, 0.25) is 0 Å². The molecule has 6 nitrogen and oxygen atoms in total. The number of para-hydroxylation sites is 1. The van der Waals surface area contributed by atoms with Crippen molar-refractivity contribution >= 4 is 5.90 Å². The molecule has 0 saturated carbocycles. The molecule has 1 aliphatic rings. The summed E-state index contributed by atoms with van der Waals surface area (Å²) in [6.07, 6.45) is 0. The third-order valence-electron chi connectivity index (χ3n) is 3.79. The first-order valence-corrected chi connectivity index (χ1v) is 7.09. The molecule has 2 N–H and O–H groups in total. The fourth-order valence-corrected chi connectivity index (χ4v) is 2.84. The highest BCUT2D eigenvalue weighted by atomic mass is 16.5. The second kappa shape index (κ2) is 5.53. The molecule has 112 valence electrons. The van der Waals surface area contributed by atoms with Gasteiger partial charge in [0.2, 0.25) is 11.8 Å². The van der Waals surface area contributed by atoms with Crippen molar-refractivity contribution in [1.82, 2.24) is 10.2 Å². The first kappa shape index (κ1) is 14.1. The highest BCUT2D eigenvalue weighted by Gasteiger charge is 2.40. The summed E-state index contributed by atoms with van der Waals surface area (Å²) < 4.78 is 11.1. The number of nitrogens with one attached hydrogen (secondary N) is 2. The molecule has 22 heavy (non-hydrogen) atoms. The molecule has 3 rings (SSSR count). The van der Waals surface area contributed by atoms with Gasteiger partial charge in [0.25, 0.3) is 0 Å². The first-order chi connectivity index (χ1) is 10.7. The van der Waals surface area contributed by atoms with Gasteiger partial charge in [-0.25, -0.2) is 0 Å². The van der Waals surface area contributed by atoms with Crippen molar-refractivity contribution in [3.8, 4) is 17.7 Å². The molecule has 2 heterocycles. The van der Waals surface area contributed by atoms with E-state index in [9.17, 15) is 5.26 Å². The van der Waals surface area contributed by atoms with Crippen LogP contribution in [-0.4, -0.2) is 22.7 Å². The molecule has 1 aliphatic heterocycles. The van der Waals surface area contributed by atoms with Crippen molar-refractivity contribution < 1.29 is 9.47 Å². The van der Waals surface area contributed by atoms with Gasteiger partial charge < -0.3 is 9.47 Å². The largest absolute Gasteiger partial charge is 0.494 e. The number of aryl methyl sites for hydroxylation is 1. The topological polar surface area (TPSA) is 94.8 Å². The molecule has 0 radical (unpaired) electrons. The minimum atomic E-state index is -0.703. The van der Waals surface area contributed by atoms with Crippen molar-refractivity contribution in [1.29, 1.82) is 10.7 Å². The molecule has 0 aliphatic carbocycles. The number of aromatic amines is 1.